The molecule has 1 heterocycles. The van der Waals surface area contributed by atoms with Crippen LogP contribution in [-0.4, -0.2) is 11.1 Å². The Morgan fingerprint density at radius 3 is 2.75 bits per heavy atom. The molecule has 0 fully saturated rings. The standard InChI is InChI=1S/C17H12ClFN2O3/c18-13-8-12(6-7-14(13)19)20-17(22)15-9-16(21-24-15)23-10-11-4-2-1-3-5-11/h1-9H,10H2,(H,20,22). The van der Waals surface area contributed by atoms with E-state index in [2.05, 4.69) is 10.5 Å². The van der Waals surface area contributed by atoms with Gasteiger partial charge in [-0.3, -0.25) is 4.79 Å². The number of amides is 1. The predicted octanol–water partition coefficient (Wildman–Crippen LogP) is 4.30. The Hall–Kier alpha value is -2.86. The van der Waals surface area contributed by atoms with E-state index < -0.39 is 11.7 Å². The second-order valence-electron chi connectivity index (χ2n) is 4.89. The summed E-state index contributed by atoms with van der Waals surface area (Å²) in [5, 5.41) is 6.13. The summed E-state index contributed by atoms with van der Waals surface area (Å²) in [4.78, 5) is 12.1. The molecule has 0 aliphatic heterocycles. The van der Waals surface area contributed by atoms with Gasteiger partial charge in [0, 0.05) is 5.69 Å². The van der Waals surface area contributed by atoms with Crippen molar-refractivity contribution in [3.8, 4) is 5.88 Å². The molecule has 24 heavy (non-hydrogen) atoms. The number of hydrogen-bond acceptors (Lipinski definition) is 4. The summed E-state index contributed by atoms with van der Waals surface area (Å²) < 4.78 is 23.5. The van der Waals surface area contributed by atoms with Crippen LogP contribution in [0.25, 0.3) is 0 Å². The summed E-state index contributed by atoms with van der Waals surface area (Å²) in [6, 6.07) is 14.8. The number of aromatic nitrogens is 1. The van der Waals surface area contributed by atoms with Crippen molar-refractivity contribution in [2.45, 2.75) is 6.61 Å². The third-order valence-electron chi connectivity index (χ3n) is 3.12. The van der Waals surface area contributed by atoms with Crippen LogP contribution >= 0.6 is 11.6 Å². The van der Waals surface area contributed by atoms with Gasteiger partial charge in [-0.2, -0.15) is 0 Å². The van der Waals surface area contributed by atoms with Gasteiger partial charge in [-0.25, -0.2) is 4.39 Å². The van der Waals surface area contributed by atoms with Crippen molar-refractivity contribution >= 4 is 23.2 Å². The van der Waals surface area contributed by atoms with Crippen LogP contribution in [0.15, 0.2) is 59.1 Å². The first-order valence-electron chi connectivity index (χ1n) is 7.01. The number of carbonyl (C=O) groups is 1. The normalized spacial score (nSPS) is 10.4. The van der Waals surface area contributed by atoms with Crippen LogP contribution in [0.2, 0.25) is 5.02 Å². The number of halogens is 2. The fraction of sp³-hybridized carbons (Fsp3) is 0.0588. The topological polar surface area (TPSA) is 64.4 Å². The van der Waals surface area contributed by atoms with Crippen LogP contribution in [0.1, 0.15) is 16.1 Å². The molecule has 3 rings (SSSR count). The molecule has 5 nitrogen and oxygen atoms in total. The van der Waals surface area contributed by atoms with Crippen LogP contribution in [0.3, 0.4) is 0 Å². The predicted molar refractivity (Wildman–Crippen MR) is 86.6 cm³/mol. The van der Waals surface area contributed by atoms with E-state index in [4.69, 9.17) is 20.9 Å². The first-order chi connectivity index (χ1) is 11.6. The molecule has 0 saturated carbocycles. The lowest BCUT2D eigenvalue weighted by molar-refractivity contribution is 0.0987. The Kier molecular flexibility index (Phi) is 4.77. The van der Waals surface area contributed by atoms with Gasteiger partial charge in [-0.15, -0.1) is 0 Å². The maximum Gasteiger partial charge on any atom is 0.294 e. The zero-order chi connectivity index (χ0) is 16.9. The van der Waals surface area contributed by atoms with Gasteiger partial charge in [-0.05, 0) is 28.9 Å². The van der Waals surface area contributed by atoms with Crippen molar-refractivity contribution in [1.29, 1.82) is 0 Å². The molecular formula is C17H12ClFN2O3. The molecule has 0 aliphatic carbocycles. The van der Waals surface area contributed by atoms with Crippen molar-refractivity contribution in [2.75, 3.05) is 5.32 Å². The minimum atomic E-state index is -0.564. The Balaban J connectivity index is 1.62. The zero-order valence-corrected chi connectivity index (χ0v) is 13.1. The molecule has 2 aromatic carbocycles. The molecule has 0 aliphatic rings. The molecule has 0 spiro atoms. The lowest BCUT2D eigenvalue weighted by atomic mass is 10.2. The number of nitrogens with one attached hydrogen (secondary N) is 1. The summed E-state index contributed by atoms with van der Waals surface area (Å²) in [6.07, 6.45) is 0. The maximum absolute atomic E-state index is 13.1. The van der Waals surface area contributed by atoms with E-state index in [0.29, 0.717) is 12.3 Å². The van der Waals surface area contributed by atoms with Crippen molar-refractivity contribution in [1.82, 2.24) is 5.16 Å². The lowest BCUT2D eigenvalue weighted by Gasteiger charge is -2.03. The van der Waals surface area contributed by atoms with Gasteiger partial charge < -0.3 is 14.6 Å². The molecule has 1 N–H and O–H groups in total. The third-order valence-corrected chi connectivity index (χ3v) is 3.41. The van der Waals surface area contributed by atoms with Gasteiger partial charge in [-0.1, -0.05) is 41.9 Å². The molecule has 0 atom stereocenters. The van der Waals surface area contributed by atoms with E-state index in [1.807, 2.05) is 30.3 Å². The second-order valence-corrected chi connectivity index (χ2v) is 5.29. The highest BCUT2D eigenvalue weighted by molar-refractivity contribution is 6.31. The van der Waals surface area contributed by atoms with Gasteiger partial charge in [0.25, 0.3) is 11.8 Å². The van der Waals surface area contributed by atoms with E-state index >= 15 is 0 Å². The molecule has 0 saturated heterocycles. The number of rotatable bonds is 5. The fourth-order valence-electron chi connectivity index (χ4n) is 1.93. The first kappa shape index (κ1) is 16.0. The van der Waals surface area contributed by atoms with Crippen molar-refractivity contribution in [2.24, 2.45) is 0 Å². The Labute approximate surface area is 142 Å². The minimum Gasteiger partial charge on any atom is -0.471 e. The van der Waals surface area contributed by atoms with E-state index in [0.717, 1.165) is 11.6 Å². The quantitative estimate of drug-likeness (QED) is 0.748. The van der Waals surface area contributed by atoms with E-state index in [1.165, 1.54) is 18.2 Å². The van der Waals surface area contributed by atoms with Gasteiger partial charge in [0.2, 0.25) is 5.76 Å². The van der Waals surface area contributed by atoms with Crippen LogP contribution in [0.5, 0.6) is 5.88 Å². The number of nitrogens with zero attached hydrogens (tertiary/aromatic N) is 1. The summed E-state index contributed by atoms with van der Waals surface area (Å²) >= 11 is 5.66. The maximum atomic E-state index is 13.1. The highest BCUT2D eigenvalue weighted by Crippen LogP contribution is 2.20. The minimum absolute atomic E-state index is 0.0292. The largest absolute Gasteiger partial charge is 0.471 e. The molecule has 0 unspecified atom stereocenters. The summed E-state index contributed by atoms with van der Waals surface area (Å²) in [7, 11) is 0. The van der Waals surface area contributed by atoms with Crippen molar-refractivity contribution < 1.29 is 18.4 Å². The smallest absolute Gasteiger partial charge is 0.294 e. The van der Waals surface area contributed by atoms with E-state index in [1.54, 1.807) is 0 Å². The number of carbonyl (C=O) groups excluding carboxylic acids is 1. The monoisotopic (exact) mass is 346 g/mol. The fourth-order valence-corrected chi connectivity index (χ4v) is 2.11. The third kappa shape index (κ3) is 3.91. The van der Waals surface area contributed by atoms with Crippen molar-refractivity contribution in [3.63, 3.8) is 0 Å². The van der Waals surface area contributed by atoms with Gasteiger partial charge in [0.15, 0.2) is 0 Å². The van der Waals surface area contributed by atoms with Crippen LogP contribution in [0.4, 0.5) is 10.1 Å². The van der Waals surface area contributed by atoms with E-state index in [-0.39, 0.29) is 16.7 Å². The molecular weight excluding hydrogens is 335 g/mol. The van der Waals surface area contributed by atoms with Gasteiger partial charge >= 0.3 is 0 Å². The first-order valence-corrected chi connectivity index (χ1v) is 7.39. The lowest BCUT2D eigenvalue weighted by Crippen LogP contribution is -2.10. The molecule has 0 bridgehead atoms. The number of benzene rings is 2. The van der Waals surface area contributed by atoms with Gasteiger partial charge in [0.1, 0.15) is 12.4 Å². The average molecular weight is 347 g/mol. The second kappa shape index (κ2) is 7.14. The average Bonchev–Trinajstić information content (AvgIpc) is 3.06. The van der Waals surface area contributed by atoms with Crippen LogP contribution < -0.4 is 10.1 Å². The van der Waals surface area contributed by atoms with E-state index in [9.17, 15) is 9.18 Å². The molecule has 7 heteroatoms. The summed E-state index contributed by atoms with van der Waals surface area (Å²) in [5.41, 5.74) is 1.31. The summed E-state index contributed by atoms with van der Waals surface area (Å²) in [6.45, 7) is 0.308. The molecule has 1 aromatic heterocycles. The Bertz CT molecular complexity index is 852. The molecule has 1 amide bonds. The van der Waals surface area contributed by atoms with Crippen molar-refractivity contribution in [3.05, 3.63) is 76.8 Å². The number of ether oxygens (including phenoxy) is 1. The Morgan fingerprint density at radius 1 is 1.21 bits per heavy atom. The number of anilines is 1. The summed E-state index contributed by atoms with van der Waals surface area (Å²) in [5.74, 6) is -0.940. The van der Waals surface area contributed by atoms with Crippen LogP contribution in [0, 0.1) is 5.82 Å². The van der Waals surface area contributed by atoms with Gasteiger partial charge in [0.05, 0.1) is 11.1 Å². The van der Waals surface area contributed by atoms with Crippen LogP contribution in [-0.2, 0) is 6.61 Å². The molecule has 3 aromatic rings. The SMILES string of the molecule is O=C(Nc1ccc(F)c(Cl)c1)c1cc(OCc2ccccc2)no1. The molecule has 122 valence electrons. The zero-order valence-electron chi connectivity index (χ0n) is 12.3. The highest BCUT2D eigenvalue weighted by atomic mass is 35.5. The highest BCUT2D eigenvalue weighted by Gasteiger charge is 2.15. The molecule has 0 radical (unpaired) electrons. The Morgan fingerprint density at radius 2 is 2.00 bits per heavy atom. The number of hydrogen-bond donors (Lipinski definition) is 1.